The standard InChI is InChI=1S/C18H18ClN5O2S2.CH2O2/c19-16-17(23-10-11-27-18(23)21-16)28(25,26)24-12-13(5-9-22-7-1-2-8-22)15-14(24)4-3-6-20-15;2-1-3/h3-4,6,10-12H,1-2,5,7-9H2;1H,(H,2,3). The maximum atomic E-state index is 13.5. The van der Waals surface area contributed by atoms with Gasteiger partial charge in [-0.25, -0.2) is 8.96 Å². The Morgan fingerprint density at radius 3 is 2.77 bits per heavy atom. The fraction of sp³-hybridized carbons (Fsp3) is 0.316. The van der Waals surface area contributed by atoms with Crippen molar-refractivity contribution in [2.75, 3.05) is 19.6 Å². The third-order valence-electron chi connectivity index (χ3n) is 5.18. The maximum absolute atomic E-state index is 13.5. The lowest BCUT2D eigenvalue weighted by Gasteiger charge is -2.13. The van der Waals surface area contributed by atoms with Gasteiger partial charge in [0.2, 0.25) is 5.03 Å². The highest BCUT2D eigenvalue weighted by Crippen LogP contribution is 2.30. The molecule has 0 atom stereocenters. The quantitative estimate of drug-likeness (QED) is 0.436. The smallest absolute Gasteiger partial charge is 0.290 e. The Bertz CT molecular complexity index is 1320. The lowest BCUT2D eigenvalue weighted by Crippen LogP contribution is -2.21. The second-order valence-corrected chi connectivity index (χ2v) is 9.96. The molecule has 31 heavy (non-hydrogen) atoms. The van der Waals surface area contributed by atoms with E-state index in [0.29, 0.717) is 16.0 Å². The van der Waals surface area contributed by atoms with Crippen LogP contribution >= 0.6 is 22.9 Å². The highest BCUT2D eigenvalue weighted by molar-refractivity contribution is 7.90. The predicted molar refractivity (Wildman–Crippen MR) is 118 cm³/mol. The summed E-state index contributed by atoms with van der Waals surface area (Å²) in [5.74, 6) is 0. The molecule has 1 aliphatic heterocycles. The first-order chi connectivity index (χ1) is 15.0. The average Bonchev–Trinajstić information content (AvgIpc) is 3.50. The molecule has 12 heteroatoms. The van der Waals surface area contributed by atoms with E-state index in [-0.39, 0.29) is 16.7 Å². The number of halogens is 1. The number of fused-ring (bicyclic) bond motifs is 2. The van der Waals surface area contributed by atoms with Crippen molar-refractivity contribution in [3.8, 4) is 0 Å². The van der Waals surface area contributed by atoms with E-state index in [9.17, 15) is 8.42 Å². The first kappa shape index (κ1) is 21.8. The molecule has 164 valence electrons. The molecule has 1 aliphatic rings. The van der Waals surface area contributed by atoms with Crippen LogP contribution < -0.4 is 0 Å². The Kier molecular flexibility index (Phi) is 6.28. The average molecular weight is 482 g/mol. The van der Waals surface area contributed by atoms with Crippen molar-refractivity contribution in [1.82, 2.24) is 23.2 Å². The predicted octanol–water partition coefficient (Wildman–Crippen LogP) is 2.98. The lowest BCUT2D eigenvalue weighted by atomic mass is 10.2. The molecular weight excluding hydrogens is 462 g/mol. The Morgan fingerprint density at radius 1 is 1.29 bits per heavy atom. The molecular formula is C19H20ClN5O4S2. The minimum absolute atomic E-state index is 0.0164. The van der Waals surface area contributed by atoms with E-state index in [2.05, 4.69) is 14.9 Å². The fourth-order valence-corrected chi connectivity index (χ4v) is 6.62. The van der Waals surface area contributed by atoms with Gasteiger partial charge in [0.25, 0.3) is 16.5 Å². The van der Waals surface area contributed by atoms with Crippen LogP contribution in [0.5, 0.6) is 0 Å². The van der Waals surface area contributed by atoms with Crippen LogP contribution in [0.4, 0.5) is 0 Å². The second kappa shape index (κ2) is 8.95. The van der Waals surface area contributed by atoms with Crippen LogP contribution in [-0.4, -0.2) is 62.9 Å². The SMILES string of the molecule is O=CO.O=S(=O)(c1c(Cl)nc2sccn12)n1cc(CCN2CCCC2)c2ncccc21. The summed E-state index contributed by atoms with van der Waals surface area (Å²) in [6.07, 6.45) is 8.26. The molecule has 0 saturated carbocycles. The number of hydrogen-bond donors (Lipinski definition) is 1. The second-order valence-electron chi connectivity index (χ2n) is 6.99. The zero-order chi connectivity index (χ0) is 22.0. The number of imidazole rings is 1. The number of carboxylic acid groups (broad SMARTS) is 1. The van der Waals surface area contributed by atoms with E-state index >= 15 is 0 Å². The number of pyridine rings is 1. The molecule has 1 N–H and O–H groups in total. The molecule has 5 heterocycles. The largest absolute Gasteiger partial charge is 0.483 e. The van der Waals surface area contributed by atoms with E-state index < -0.39 is 10.0 Å². The number of nitrogens with zero attached hydrogens (tertiary/aromatic N) is 5. The highest BCUT2D eigenvalue weighted by atomic mass is 35.5. The molecule has 0 aromatic carbocycles. The third-order valence-corrected chi connectivity index (χ3v) is 8.01. The number of rotatable bonds is 5. The van der Waals surface area contributed by atoms with Crippen molar-refractivity contribution < 1.29 is 18.3 Å². The zero-order valence-corrected chi connectivity index (χ0v) is 18.8. The van der Waals surface area contributed by atoms with Gasteiger partial charge in [-0.15, -0.1) is 11.3 Å². The summed E-state index contributed by atoms with van der Waals surface area (Å²) < 4.78 is 29.8. The summed E-state index contributed by atoms with van der Waals surface area (Å²) in [6.45, 7) is 2.86. The molecule has 1 fully saturated rings. The number of aromatic nitrogens is 4. The van der Waals surface area contributed by atoms with Crippen LogP contribution in [0.15, 0.2) is 41.1 Å². The first-order valence-electron chi connectivity index (χ1n) is 9.59. The van der Waals surface area contributed by atoms with E-state index in [0.717, 1.165) is 31.6 Å². The van der Waals surface area contributed by atoms with Gasteiger partial charge >= 0.3 is 0 Å². The van der Waals surface area contributed by atoms with Crippen LogP contribution in [0, 0.1) is 0 Å². The van der Waals surface area contributed by atoms with Gasteiger partial charge in [-0.3, -0.25) is 14.2 Å². The summed E-state index contributed by atoms with van der Waals surface area (Å²) in [6, 6.07) is 3.52. The monoisotopic (exact) mass is 481 g/mol. The van der Waals surface area contributed by atoms with Gasteiger partial charge in [0.05, 0.1) is 11.0 Å². The minimum atomic E-state index is -3.93. The molecule has 0 aliphatic carbocycles. The molecule has 0 spiro atoms. The van der Waals surface area contributed by atoms with Gasteiger partial charge in [-0.1, -0.05) is 11.6 Å². The van der Waals surface area contributed by atoms with E-state index in [1.54, 1.807) is 36.1 Å². The molecule has 9 nitrogen and oxygen atoms in total. The Labute approximate surface area is 187 Å². The van der Waals surface area contributed by atoms with Crippen molar-refractivity contribution in [3.63, 3.8) is 0 Å². The van der Waals surface area contributed by atoms with Gasteiger partial charge in [0.15, 0.2) is 10.1 Å². The van der Waals surface area contributed by atoms with Crippen LogP contribution in [0.25, 0.3) is 16.0 Å². The van der Waals surface area contributed by atoms with Gasteiger partial charge in [-0.05, 0) is 50.0 Å². The molecule has 0 radical (unpaired) electrons. The van der Waals surface area contributed by atoms with Crippen molar-refractivity contribution in [2.45, 2.75) is 24.3 Å². The molecule has 5 rings (SSSR count). The molecule has 0 unspecified atom stereocenters. The molecule has 0 amide bonds. The number of likely N-dealkylation sites (tertiary alicyclic amines) is 1. The molecule has 4 aromatic heterocycles. The van der Waals surface area contributed by atoms with Crippen molar-refractivity contribution in [2.24, 2.45) is 0 Å². The highest BCUT2D eigenvalue weighted by Gasteiger charge is 2.29. The van der Waals surface area contributed by atoms with Gasteiger partial charge in [-0.2, -0.15) is 8.42 Å². The summed E-state index contributed by atoms with van der Waals surface area (Å²) in [5.41, 5.74) is 2.20. The van der Waals surface area contributed by atoms with Crippen LogP contribution in [-0.2, 0) is 21.2 Å². The van der Waals surface area contributed by atoms with E-state index in [1.165, 1.54) is 32.6 Å². The minimum Gasteiger partial charge on any atom is -0.483 e. The normalized spacial score (nSPS) is 14.7. The van der Waals surface area contributed by atoms with Crippen LogP contribution in [0.1, 0.15) is 18.4 Å². The number of hydrogen-bond acceptors (Lipinski definition) is 7. The third kappa shape index (κ3) is 4.05. The Hall–Kier alpha value is -2.47. The Morgan fingerprint density at radius 2 is 2.03 bits per heavy atom. The maximum Gasteiger partial charge on any atom is 0.290 e. The van der Waals surface area contributed by atoms with E-state index in [4.69, 9.17) is 21.5 Å². The van der Waals surface area contributed by atoms with E-state index in [1.807, 2.05) is 0 Å². The fourth-order valence-electron chi connectivity index (χ4n) is 3.82. The van der Waals surface area contributed by atoms with Gasteiger partial charge in [0.1, 0.15) is 0 Å². The Balaban J connectivity index is 0.000000730. The van der Waals surface area contributed by atoms with Crippen molar-refractivity contribution in [3.05, 3.63) is 46.8 Å². The topological polar surface area (TPSA) is 110 Å². The van der Waals surface area contributed by atoms with Gasteiger partial charge < -0.3 is 10.0 Å². The number of carbonyl (C=O) groups is 1. The van der Waals surface area contributed by atoms with Crippen LogP contribution in [0.2, 0.25) is 5.15 Å². The summed E-state index contributed by atoms with van der Waals surface area (Å²) in [4.78, 5) is 19.9. The van der Waals surface area contributed by atoms with Crippen LogP contribution in [0.3, 0.4) is 0 Å². The summed E-state index contributed by atoms with van der Waals surface area (Å²) in [7, 11) is -3.93. The first-order valence-corrected chi connectivity index (χ1v) is 12.3. The van der Waals surface area contributed by atoms with Crippen molar-refractivity contribution in [1.29, 1.82) is 0 Å². The molecule has 0 bridgehead atoms. The summed E-state index contributed by atoms with van der Waals surface area (Å²) in [5, 5.41) is 8.64. The zero-order valence-electron chi connectivity index (χ0n) is 16.4. The molecule has 4 aromatic rings. The summed E-state index contributed by atoms with van der Waals surface area (Å²) >= 11 is 7.55. The molecule has 1 saturated heterocycles. The number of thiazole rings is 1. The van der Waals surface area contributed by atoms with Gasteiger partial charge in [0, 0.05) is 30.5 Å². The lowest BCUT2D eigenvalue weighted by molar-refractivity contribution is -0.122. The van der Waals surface area contributed by atoms with Crippen molar-refractivity contribution >= 4 is 55.4 Å².